The second-order valence-corrected chi connectivity index (χ2v) is 2.37. The van der Waals surface area contributed by atoms with Crippen molar-refractivity contribution in [2.45, 2.75) is 6.92 Å². The summed E-state index contributed by atoms with van der Waals surface area (Å²) in [4.78, 5) is 16.0. The van der Waals surface area contributed by atoms with Gasteiger partial charge in [-0.2, -0.15) is 0 Å². The van der Waals surface area contributed by atoms with Crippen LogP contribution in [0.5, 0.6) is 0 Å². The number of alkyl halides is 1. The predicted octanol–water partition coefficient (Wildman–Crippen LogP) is 2.20. The Morgan fingerprint density at radius 2 is 1.71 bits per heavy atom. The van der Waals surface area contributed by atoms with Gasteiger partial charge in [0.25, 0.3) is 0 Å². The molecule has 0 aliphatic carbocycles. The molecule has 3 N–H and O–H groups in total. The van der Waals surface area contributed by atoms with Gasteiger partial charge in [-0.15, -0.1) is 11.6 Å². The average Bonchev–Trinajstić information content (AvgIpc) is 2.41. The molecule has 1 rings (SSSR count). The molecule has 0 aromatic heterocycles. The van der Waals surface area contributed by atoms with E-state index >= 15 is 0 Å². The molecule has 0 saturated carbocycles. The highest BCUT2D eigenvalue weighted by molar-refractivity contribution is 6.15. The van der Waals surface area contributed by atoms with Crippen molar-refractivity contribution in [1.29, 1.82) is 5.41 Å². The summed E-state index contributed by atoms with van der Waals surface area (Å²) in [6.07, 6.45) is 2.59. The average molecular weight is 263 g/mol. The van der Waals surface area contributed by atoms with Crippen molar-refractivity contribution in [2.75, 3.05) is 12.1 Å². The number of anilines is 1. The molecule has 0 spiro atoms. The zero-order valence-electron chi connectivity index (χ0n) is 9.80. The number of benzene rings is 1. The van der Waals surface area contributed by atoms with E-state index in [0.29, 0.717) is 16.8 Å². The van der Waals surface area contributed by atoms with Gasteiger partial charge in [0.1, 0.15) is 19.4 Å². The molecule has 0 saturated heterocycles. The minimum absolute atomic E-state index is 0.308. The molecule has 1 aromatic rings. The Labute approximate surface area is 105 Å². The van der Waals surface area contributed by atoms with E-state index in [-0.39, 0.29) is 5.82 Å². The zero-order valence-corrected chi connectivity index (χ0v) is 10.6. The van der Waals surface area contributed by atoms with Crippen LogP contribution < -0.4 is 5.73 Å². The molecule has 0 bridgehead atoms. The monoisotopic (exact) mass is 262 g/mol. The topological polar surface area (TPSA) is 84.0 Å². The quantitative estimate of drug-likeness (QED) is 0.462. The molecule has 0 aliphatic rings. The molecule has 0 atom stereocenters. The molecule has 0 heterocycles. The van der Waals surface area contributed by atoms with Gasteiger partial charge in [-0.25, -0.2) is 4.39 Å². The van der Waals surface area contributed by atoms with Crippen LogP contribution in [0.1, 0.15) is 11.1 Å². The van der Waals surface area contributed by atoms with Gasteiger partial charge in [0, 0.05) is 23.8 Å². The maximum atomic E-state index is 12.7. The van der Waals surface area contributed by atoms with E-state index in [4.69, 9.17) is 20.7 Å². The van der Waals surface area contributed by atoms with Gasteiger partial charge >= 0.3 is 0 Å². The number of carbonyl (C=O) groups excluding carboxylic acids is 2. The minimum atomic E-state index is -0.326. The van der Waals surface area contributed by atoms with E-state index in [0.717, 1.165) is 6.21 Å². The smallest absolute Gasteiger partial charge is 0.128 e. The molecule has 0 aliphatic heterocycles. The summed E-state index contributed by atoms with van der Waals surface area (Å²) in [6.45, 7) is 5.64. The normalized spacial score (nSPS) is 7.06. The molecule has 6 heteroatoms. The van der Waals surface area contributed by atoms with Gasteiger partial charge in [0.15, 0.2) is 0 Å². The lowest BCUT2D eigenvalue weighted by molar-refractivity contribution is -0.0987. The Kier molecular flexibility index (Phi) is 17.3. The molecule has 1 aromatic carbocycles. The van der Waals surface area contributed by atoms with Crippen molar-refractivity contribution >= 4 is 37.1 Å². The molecule has 4 nitrogen and oxygen atoms in total. The number of aryl methyl sites for hydroxylation is 1. The first-order valence-corrected chi connectivity index (χ1v) is 4.92. The molecular formula is C11H16ClFN2O2. The van der Waals surface area contributed by atoms with Gasteiger partial charge in [0.05, 0.1) is 0 Å². The van der Waals surface area contributed by atoms with Crippen LogP contribution in [0.15, 0.2) is 12.1 Å². The molecule has 0 unspecified atom stereocenters. The first kappa shape index (κ1) is 20.6. The number of nitrogens with two attached hydrogens (primary N) is 1. The highest BCUT2D eigenvalue weighted by Gasteiger charge is 2.01. The lowest BCUT2D eigenvalue weighted by Crippen LogP contribution is -1.95. The second kappa shape index (κ2) is 14.2. The van der Waals surface area contributed by atoms with Crippen molar-refractivity contribution in [2.24, 2.45) is 0 Å². The summed E-state index contributed by atoms with van der Waals surface area (Å²) in [7, 11) is 0. The summed E-state index contributed by atoms with van der Waals surface area (Å²) < 4.78 is 12.7. The summed E-state index contributed by atoms with van der Waals surface area (Å²) in [5.74, 6) is -0.326. The van der Waals surface area contributed by atoms with Crippen molar-refractivity contribution in [3.8, 4) is 0 Å². The Balaban J connectivity index is -0.000000285. The van der Waals surface area contributed by atoms with E-state index in [1.165, 1.54) is 12.4 Å². The summed E-state index contributed by atoms with van der Waals surface area (Å²) >= 11 is 4.64. The van der Waals surface area contributed by atoms with Gasteiger partial charge in [-0.1, -0.05) is 0 Å². The maximum Gasteiger partial charge on any atom is 0.128 e. The van der Waals surface area contributed by atoms with E-state index in [9.17, 15) is 4.39 Å². The maximum absolute atomic E-state index is 12.7. The van der Waals surface area contributed by atoms with Crippen LogP contribution in [-0.4, -0.2) is 26.2 Å². The van der Waals surface area contributed by atoms with Crippen LogP contribution in [0.2, 0.25) is 0 Å². The van der Waals surface area contributed by atoms with Gasteiger partial charge in [-0.3, -0.25) is 0 Å². The SMILES string of the molecule is C=O.C=O.CCl.Cc1cc(C=N)c(N)cc1F. The van der Waals surface area contributed by atoms with Crippen LogP contribution in [0.3, 0.4) is 0 Å². The van der Waals surface area contributed by atoms with E-state index in [2.05, 4.69) is 11.6 Å². The summed E-state index contributed by atoms with van der Waals surface area (Å²) in [6, 6.07) is 2.79. The van der Waals surface area contributed by atoms with Crippen LogP contribution >= 0.6 is 11.6 Å². The van der Waals surface area contributed by atoms with Crippen molar-refractivity contribution < 1.29 is 14.0 Å². The summed E-state index contributed by atoms with van der Waals surface area (Å²) in [5, 5.41) is 6.92. The van der Waals surface area contributed by atoms with Crippen LogP contribution in [0, 0.1) is 18.2 Å². The van der Waals surface area contributed by atoms with Crippen molar-refractivity contribution in [1.82, 2.24) is 0 Å². The lowest BCUT2D eigenvalue weighted by Gasteiger charge is -2.01. The van der Waals surface area contributed by atoms with E-state index < -0.39 is 0 Å². The fourth-order valence-corrected chi connectivity index (χ4v) is 0.844. The second-order valence-electron chi connectivity index (χ2n) is 2.37. The third-order valence-corrected chi connectivity index (χ3v) is 1.52. The highest BCUT2D eigenvalue weighted by atomic mass is 35.5. The number of halogens is 2. The van der Waals surface area contributed by atoms with E-state index in [1.807, 2.05) is 13.6 Å². The van der Waals surface area contributed by atoms with Gasteiger partial charge < -0.3 is 20.7 Å². The number of hydrogen-bond acceptors (Lipinski definition) is 4. The summed E-state index contributed by atoms with van der Waals surface area (Å²) in [5.41, 5.74) is 6.79. The Hall–Kier alpha value is -1.75. The Morgan fingerprint density at radius 1 is 1.29 bits per heavy atom. The van der Waals surface area contributed by atoms with Crippen LogP contribution in [-0.2, 0) is 9.59 Å². The molecule has 17 heavy (non-hydrogen) atoms. The predicted molar refractivity (Wildman–Crippen MR) is 69.5 cm³/mol. The largest absolute Gasteiger partial charge is 0.398 e. The van der Waals surface area contributed by atoms with Crippen molar-refractivity contribution in [3.05, 3.63) is 29.1 Å². The fraction of sp³-hybridized carbons (Fsp3) is 0.182. The Morgan fingerprint density at radius 3 is 2.06 bits per heavy atom. The number of nitrogens with one attached hydrogen (secondary N) is 1. The molecular weight excluding hydrogens is 247 g/mol. The number of nitrogen functional groups attached to an aromatic ring is 1. The molecule has 0 amide bonds. The standard InChI is InChI=1S/C8H9FN2.CH3Cl.2CH2O/c1-5-2-6(4-10)8(11)3-7(5)9;3*1-2/h2-4,10H,11H2,1H3;1H3;2*1H2. The number of hydrogen-bond donors (Lipinski definition) is 2. The van der Waals surface area contributed by atoms with E-state index in [1.54, 1.807) is 13.0 Å². The van der Waals surface area contributed by atoms with Crippen LogP contribution in [0.25, 0.3) is 0 Å². The first-order chi connectivity index (χ1) is 8.15. The zero-order chi connectivity index (χ0) is 14.4. The lowest BCUT2D eigenvalue weighted by atomic mass is 10.1. The molecule has 0 radical (unpaired) electrons. The molecule has 0 fully saturated rings. The van der Waals surface area contributed by atoms with Crippen LogP contribution in [0.4, 0.5) is 10.1 Å². The highest BCUT2D eigenvalue weighted by Crippen LogP contribution is 2.15. The van der Waals surface area contributed by atoms with Crippen molar-refractivity contribution in [3.63, 3.8) is 0 Å². The van der Waals surface area contributed by atoms with Gasteiger partial charge in [0.2, 0.25) is 0 Å². The third kappa shape index (κ3) is 8.10. The first-order valence-electron chi connectivity index (χ1n) is 4.17. The molecule has 96 valence electrons. The Bertz CT molecular complexity index is 333. The third-order valence-electron chi connectivity index (χ3n) is 1.52. The number of rotatable bonds is 1. The van der Waals surface area contributed by atoms with Gasteiger partial charge in [-0.05, 0) is 24.6 Å². The fourth-order valence-electron chi connectivity index (χ4n) is 0.844. The number of carbonyl (C=O) groups is 2. The minimum Gasteiger partial charge on any atom is -0.398 e.